The second-order valence-corrected chi connectivity index (χ2v) is 30.2. The lowest BCUT2D eigenvalue weighted by molar-refractivity contribution is -0.870. The first kappa shape index (κ1) is 91.4. The van der Waals surface area contributed by atoms with Gasteiger partial charge in [0.15, 0.2) is 6.10 Å². The molecule has 1 N–H and O–H groups in total. The fraction of sp³-hybridized carbons (Fsp3) is 0.833. The normalized spacial score (nSPS) is 13.4. The molecular formula is C84H157NO8P+. The van der Waals surface area contributed by atoms with Gasteiger partial charge in [-0.15, -0.1) is 0 Å². The van der Waals surface area contributed by atoms with Crippen molar-refractivity contribution in [2.75, 3.05) is 47.5 Å². The molecule has 0 heterocycles. The van der Waals surface area contributed by atoms with Gasteiger partial charge < -0.3 is 18.9 Å². The molecule has 2 atom stereocenters. The van der Waals surface area contributed by atoms with Crippen molar-refractivity contribution < 1.29 is 42.1 Å². The van der Waals surface area contributed by atoms with Gasteiger partial charge in [0.1, 0.15) is 19.8 Å². The molecule has 94 heavy (non-hydrogen) atoms. The molecule has 0 bridgehead atoms. The topological polar surface area (TPSA) is 108 Å². The predicted octanol–water partition coefficient (Wildman–Crippen LogP) is 27.1. The number of nitrogens with zero attached hydrogens (tertiary/aromatic N) is 1. The van der Waals surface area contributed by atoms with Crippen molar-refractivity contribution in [1.82, 2.24) is 0 Å². The van der Waals surface area contributed by atoms with Crippen LogP contribution in [0, 0.1) is 0 Å². The molecule has 0 saturated heterocycles. The number of phosphoric acid groups is 1. The lowest BCUT2D eigenvalue weighted by atomic mass is 10.0. The Morgan fingerprint density at radius 1 is 0.340 bits per heavy atom. The lowest BCUT2D eigenvalue weighted by Gasteiger charge is -2.24. The van der Waals surface area contributed by atoms with Gasteiger partial charge in [0, 0.05) is 12.8 Å². The molecule has 0 radical (unpaired) electrons. The molecule has 0 aromatic carbocycles. The van der Waals surface area contributed by atoms with Gasteiger partial charge in [0.2, 0.25) is 0 Å². The highest BCUT2D eigenvalue weighted by atomic mass is 31.2. The molecule has 0 aliphatic rings. The third-order valence-electron chi connectivity index (χ3n) is 18.2. The summed E-state index contributed by atoms with van der Waals surface area (Å²) in [5.41, 5.74) is 0. The third kappa shape index (κ3) is 78.4. The Morgan fingerprint density at radius 2 is 0.606 bits per heavy atom. The zero-order valence-electron chi connectivity index (χ0n) is 63.0. The van der Waals surface area contributed by atoms with E-state index in [4.69, 9.17) is 18.5 Å². The van der Waals surface area contributed by atoms with Crippen LogP contribution in [0.25, 0.3) is 0 Å². The quantitative estimate of drug-likeness (QED) is 0.0211. The Labute approximate surface area is 584 Å². The summed E-state index contributed by atoms with van der Waals surface area (Å²) in [6.45, 7) is 4.39. The Balaban J connectivity index is 3.91. The van der Waals surface area contributed by atoms with Crippen LogP contribution in [-0.4, -0.2) is 74.9 Å². The first-order valence-electron chi connectivity index (χ1n) is 40.7. The molecule has 0 saturated carbocycles. The summed E-state index contributed by atoms with van der Waals surface area (Å²) in [6.07, 6.45) is 102. The molecule has 0 fully saturated rings. The Morgan fingerprint density at radius 3 is 0.915 bits per heavy atom. The van der Waals surface area contributed by atoms with Crippen LogP contribution in [0.3, 0.4) is 0 Å². The average Bonchev–Trinajstić information content (AvgIpc) is 1.56. The molecule has 0 aromatic rings. The molecule has 550 valence electrons. The number of hydrogen-bond donors (Lipinski definition) is 1. The van der Waals surface area contributed by atoms with Crippen molar-refractivity contribution in [2.24, 2.45) is 0 Å². The minimum atomic E-state index is -4.39. The van der Waals surface area contributed by atoms with Gasteiger partial charge >= 0.3 is 19.8 Å². The second kappa shape index (κ2) is 74.7. The predicted molar refractivity (Wildman–Crippen MR) is 409 cm³/mol. The number of rotatable bonds is 76. The first-order chi connectivity index (χ1) is 46.0. The van der Waals surface area contributed by atoms with Crippen molar-refractivity contribution in [3.63, 3.8) is 0 Å². The summed E-state index contributed by atoms with van der Waals surface area (Å²) in [4.78, 5) is 36.0. The molecule has 0 amide bonds. The van der Waals surface area contributed by atoms with Crippen LogP contribution in [0.4, 0.5) is 0 Å². The van der Waals surface area contributed by atoms with Crippen molar-refractivity contribution in [1.29, 1.82) is 0 Å². The van der Waals surface area contributed by atoms with E-state index in [1.807, 2.05) is 21.1 Å². The summed E-state index contributed by atoms with van der Waals surface area (Å²) >= 11 is 0. The number of esters is 2. The second-order valence-electron chi connectivity index (χ2n) is 28.8. The number of quaternary nitrogens is 1. The van der Waals surface area contributed by atoms with Crippen LogP contribution in [0.2, 0.25) is 0 Å². The number of carbonyl (C=O) groups is 2. The van der Waals surface area contributed by atoms with E-state index in [0.29, 0.717) is 23.9 Å². The molecule has 0 aliphatic heterocycles. The number of carbonyl (C=O) groups excluding carboxylic acids is 2. The van der Waals surface area contributed by atoms with Gasteiger partial charge in [0.25, 0.3) is 0 Å². The fourth-order valence-corrected chi connectivity index (χ4v) is 12.8. The number of likely N-dealkylation sites (N-methyl/N-ethyl adjacent to an activating group) is 1. The highest BCUT2D eigenvalue weighted by Crippen LogP contribution is 2.43. The molecule has 9 nitrogen and oxygen atoms in total. The van der Waals surface area contributed by atoms with E-state index in [-0.39, 0.29) is 25.6 Å². The zero-order chi connectivity index (χ0) is 68.3. The highest BCUT2D eigenvalue weighted by molar-refractivity contribution is 7.47. The van der Waals surface area contributed by atoms with Gasteiger partial charge in [-0.05, 0) is 83.5 Å². The van der Waals surface area contributed by atoms with Crippen LogP contribution < -0.4 is 0 Å². The summed E-state index contributed by atoms with van der Waals surface area (Å²) in [6, 6.07) is 0. The van der Waals surface area contributed by atoms with E-state index in [2.05, 4.69) is 86.8 Å². The van der Waals surface area contributed by atoms with Gasteiger partial charge in [-0.25, -0.2) is 4.57 Å². The first-order valence-corrected chi connectivity index (χ1v) is 42.2. The standard InChI is InChI=1S/C84H156NO8P/c1-6-8-10-12-14-16-18-20-22-24-26-28-30-32-34-36-38-39-40-41-42-43-44-45-47-49-51-53-55-57-59-61-63-65-67-69-71-73-75-77-84(87)93-82(81-92-94(88,89)91-79-78-85(3,4)5)80-90-83(86)76-74-72-70-68-66-64-62-60-58-56-54-52-50-48-46-37-35-33-31-29-27-25-23-21-19-17-15-13-11-9-7-2/h8,10,14,16,20,22,25-28,32,34,82H,6-7,9,11-13,15,17-19,21,23-24,29-31,33,35-81H2,1-5H3/p+1/b10-8-,16-14-,22-20-,27-25-,28-26-,34-32-. The van der Waals surface area contributed by atoms with Crippen LogP contribution >= 0.6 is 7.82 Å². The van der Waals surface area contributed by atoms with Crippen LogP contribution in [-0.2, 0) is 32.7 Å². The van der Waals surface area contributed by atoms with Gasteiger partial charge in [-0.2, -0.15) is 0 Å². The maximum Gasteiger partial charge on any atom is 0.472 e. The molecule has 0 aromatic heterocycles. The Kier molecular flexibility index (Phi) is 72.6. The van der Waals surface area contributed by atoms with Crippen molar-refractivity contribution >= 4 is 19.8 Å². The van der Waals surface area contributed by atoms with E-state index >= 15 is 0 Å². The van der Waals surface area contributed by atoms with Gasteiger partial charge in [-0.3, -0.25) is 18.6 Å². The van der Waals surface area contributed by atoms with Crippen molar-refractivity contribution in [3.05, 3.63) is 72.9 Å². The molecule has 0 spiro atoms. The van der Waals surface area contributed by atoms with E-state index in [9.17, 15) is 19.0 Å². The van der Waals surface area contributed by atoms with Crippen LogP contribution in [0.5, 0.6) is 0 Å². The Bertz CT molecular complexity index is 1820. The highest BCUT2D eigenvalue weighted by Gasteiger charge is 2.27. The summed E-state index contributed by atoms with van der Waals surface area (Å²) in [5.74, 6) is -0.774. The number of ether oxygens (including phenoxy) is 2. The van der Waals surface area contributed by atoms with Crippen molar-refractivity contribution in [3.8, 4) is 0 Å². The monoisotopic (exact) mass is 1340 g/mol. The molecule has 10 heteroatoms. The zero-order valence-corrected chi connectivity index (χ0v) is 63.9. The molecular weight excluding hydrogens is 1180 g/mol. The molecule has 0 rings (SSSR count). The van der Waals surface area contributed by atoms with Gasteiger partial charge in [-0.1, -0.05) is 376 Å². The van der Waals surface area contributed by atoms with E-state index in [1.54, 1.807) is 0 Å². The van der Waals surface area contributed by atoms with Crippen LogP contribution in [0.1, 0.15) is 399 Å². The number of allylic oxidation sites excluding steroid dienone is 12. The average molecular weight is 1340 g/mol. The van der Waals surface area contributed by atoms with E-state index < -0.39 is 26.5 Å². The van der Waals surface area contributed by atoms with E-state index in [1.165, 1.54) is 302 Å². The Hall–Kier alpha value is -2.55. The minimum Gasteiger partial charge on any atom is -0.462 e. The largest absolute Gasteiger partial charge is 0.472 e. The van der Waals surface area contributed by atoms with Crippen molar-refractivity contribution in [2.45, 2.75) is 405 Å². The summed E-state index contributed by atoms with van der Waals surface area (Å²) in [5, 5.41) is 0. The third-order valence-corrected chi connectivity index (χ3v) is 19.2. The van der Waals surface area contributed by atoms with E-state index in [0.717, 1.165) is 64.2 Å². The molecule has 2 unspecified atom stereocenters. The van der Waals surface area contributed by atoms with Gasteiger partial charge in [0.05, 0.1) is 27.7 Å². The maximum atomic E-state index is 12.9. The molecule has 0 aliphatic carbocycles. The lowest BCUT2D eigenvalue weighted by Crippen LogP contribution is -2.37. The maximum absolute atomic E-state index is 12.9. The smallest absolute Gasteiger partial charge is 0.462 e. The number of unbranched alkanes of at least 4 members (excludes halogenated alkanes) is 50. The SMILES string of the molecule is CC/C=C\C/C=C\C/C=C\C/C=C\C/C=C\CCCCCCCCCCCCCCCCCCCCCCCCCC(=O)OC(COC(=O)CCCCCCCCCCCCCCCCCCCCC/C=C\CCCCCCCCCC)COP(=O)(O)OCC[N+](C)(C)C. The van der Waals surface area contributed by atoms with Crippen LogP contribution in [0.15, 0.2) is 72.9 Å². The number of hydrogen-bond acceptors (Lipinski definition) is 7. The summed E-state index contributed by atoms with van der Waals surface area (Å²) in [7, 11) is 1.50. The number of phosphoric ester groups is 1. The minimum absolute atomic E-state index is 0.0338. The summed E-state index contributed by atoms with van der Waals surface area (Å²) < 4.78 is 34.8. The fourth-order valence-electron chi connectivity index (χ4n) is 12.0.